The number of carbonyl (C=O) groups is 2. The van der Waals surface area contributed by atoms with E-state index in [4.69, 9.17) is 9.47 Å². The smallest absolute Gasteiger partial charge is 0.307 e. The Balaban J connectivity index is 2.40. The SMILES string of the molecule is CCCCCCCCCCN(CCCCCCCCCC)CCC(=O)O[C@H]1CC[C@@H](OC(=O)CCN(CCCCCCCCCC)CCCCCCCCCC)CC1. The molecular weight excluding hydrogens is 717 g/mol. The van der Waals surface area contributed by atoms with Crippen LogP contribution in [0.25, 0.3) is 0 Å². The van der Waals surface area contributed by atoms with Gasteiger partial charge in [-0.05, 0) is 77.5 Å². The van der Waals surface area contributed by atoms with Gasteiger partial charge in [0.25, 0.3) is 0 Å². The highest BCUT2D eigenvalue weighted by molar-refractivity contribution is 5.70. The number of hydrogen-bond acceptors (Lipinski definition) is 6. The number of unbranched alkanes of at least 4 members (excludes halogenated alkanes) is 28. The monoisotopic (exact) mass is 819 g/mol. The molecule has 0 atom stereocenters. The molecule has 0 N–H and O–H groups in total. The maximum Gasteiger partial charge on any atom is 0.307 e. The standard InChI is InChI=1S/C52H102N2O4/c1-5-9-13-17-21-25-29-33-43-53(44-34-30-26-22-18-14-10-6-2)47-41-51(55)57-49-37-39-50(40-38-49)58-52(56)42-48-54(45-35-31-27-23-19-15-11-7-3)46-36-32-28-24-20-16-12-8-4/h49-50H,5-48H2,1-4H3/t49-,50+. The van der Waals surface area contributed by atoms with E-state index in [1.807, 2.05) is 0 Å². The summed E-state index contributed by atoms with van der Waals surface area (Å²) in [5.41, 5.74) is 0. The van der Waals surface area contributed by atoms with Gasteiger partial charge in [0.05, 0.1) is 12.8 Å². The van der Waals surface area contributed by atoms with Gasteiger partial charge in [0.15, 0.2) is 0 Å². The van der Waals surface area contributed by atoms with Gasteiger partial charge in [-0.1, -0.05) is 207 Å². The van der Waals surface area contributed by atoms with Crippen molar-refractivity contribution in [1.82, 2.24) is 9.80 Å². The molecule has 0 unspecified atom stereocenters. The Morgan fingerprint density at radius 3 is 0.759 bits per heavy atom. The van der Waals surface area contributed by atoms with Gasteiger partial charge in [-0.15, -0.1) is 0 Å². The Labute approximate surface area is 362 Å². The van der Waals surface area contributed by atoms with Gasteiger partial charge in [-0.25, -0.2) is 0 Å². The molecule has 6 nitrogen and oxygen atoms in total. The first-order valence-corrected chi connectivity index (χ1v) is 26.4. The second kappa shape index (κ2) is 42.5. The van der Waals surface area contributed by atoms with Crippen LogP contribution in [0.15, 0.2) is 0 Å². The molecule has 0 radical (unpaired) electrons. The van der Waals surface area contributed by atoms with Gasteiger partial charge in [-0.3, -0.25) is 9.59 Å². The van der Waals surface area contributed by atoms with E-state index in [-0.39, 0.29) is 24.1 Å². The molecule has 1 saturated carbocycles. The van der Waals surface area contributed by atoms with Crippen LogP contribution in [0.5, 0.6) is 0 Å². The van der Waals surface area contributed by atoms with Crippen LogP contribution in [0.2, 0.25) is 0 Å². The number of hydrogen-bond donors (Lipinski definition) is 0. The van der Waals surface area contributed by atoms with Crippen LogP contribution in [0.3, 0.4) is 0 Å². The first kappa shape index (κ1) is 54.9. The third-order valence-electron chi connectivity index (χ3n) is 12.8. The van der Waals surface area contributed by atoms with E-state index in [1.165, 1.54) is 205 Å². The Kier molecular flexibility index (Phi) is 40.3. The van der Waals surface area contributed by atoms with Crippen LogP contribution >= 0.6 is 0 Å². The molecule has 1 rings (SSSR count). The summed E-state index contributed by atoms with van der Waals surface area (Å²) in [6.45, 7) is 15.2. The van der Waals surface area contributed by atoms with Crippen LogP contribution in [-0.4, -0.2) is 73.2 Å². The molecule has 0 amide bonds. The molecule has 0 spiro atoms. The Bertz CT molecular complexity index is 765. The van der Waals surface area contributed by atoms with Crippen molar-refractivity contribution in [2.24, 2.45) is 0 Å². The number of ether oxygens (including phenoxy) is 2. The quantitative estimate of drug-likeness (QED) is 0.0451. The molecule has 0 aromatic heterocycles. The van der Waals surface area contributed by atoms with Crippen molar-refractivity contribution in [2.75, 3.05) is 39.3 Å². The molecule has 1 aliphatic carbocycles. The molecule has 1 fully saturated rings. The number of rotatable bonds is 44. The third kappa shape index (κ3) is 35.6. The Morgan fingerprint density at radius 2 is 0.534 bits per heavy atom. The maximum atomic E-state index is 13.0. The molecule has 0 heterocycles. The third-order valence-corrected chi connectivity index (χ3v) is 12.8. The van der Waals surface area contributed by atoms with Crippen LogP contribution in [0.4, 0.5) is 0 Å². The van der Waals surface area contributed by atoms with E-state index in [1.54, 1.807) is 0 Å². The van der Waals surface area contributed by atoms with E-state index < -0.39 is 0 Å². The van der Waals surface area contributed by atoms with Crippen molar-refractivity contribution in [3.8, 4) is 0 Å². The summed E-state index contributed by atoms with van der Waals surface area (Å²) in [5, 5.41) is 0. The zero-order valence-corrected chi connectivity index (χ0v) is 39.8. The van der Waals surface area contributed by atoms with Crippen molar-refractivity contribution in [1.29, 1.82) is 0 Å². The van der Waals surface area contributed by atoms with Gasteiger partial charge in [0.1, 0.15) is 12.2 Å². The lowest BCUT2D eigenvalue weighted by atomic mass is 9.95. The normalized spacial score (nSPS) is 15.8. The van der Waals surface area contributed by atoms with Crippen molar-refractivity contribution in [2.45, 2.75) is 284 Å². The fraction of sp³-hybridized carbons (Fsp3) is 0.962. The summed E-state index contributed by atoms with van der Waals surface area (Å²) < 4.78 is 12.0. The van der Waals surface area contributed by atoms with Gasteiger partial charge in [0.2, 0.25) is 0 Å². The van der Waals surface area contributed by atoms with Crippen LogP contribution in [-0.2, 0) is 19.1 Å². The van der Waals surface area contributed by atoms with Crippen molar-refractivity contribution < 1.29 is 19.1 Å². The van der Waals surface area contributed by atoms with Gasteiger partial charge in [-0.2, -0.15) is 0 Å². The molecular formula is C52H102N2O4. The van der Waals surface area contributed by atoms with Crippen molar-refractivity contribution >= 4 is 11.9 Å². The first-order valence-electron chi connectivity index (χ1n) is 26.4. The minimum atomic E-state index is -0.0506. The predicted molar refractivity (Wildman–Crippen MR) is 251 cm³/mol. The molecule has 6 heteroatoms. The summed E-state index contributed by atoms with van der Waals surface area (Å²) >= 11 is 0. The average molecular weight is 819 g/mol. The molecule has 1 aliphatic rings. The summed E-state index contributed by atoms with van der Waals surface area (Å²) in [6, 6.07) is 0. The van der Waals surface area contributed by atoms with E-state index in [0.29, 0.717) is 12.8 Å². The van der Waals surface area contributed by atoms with Gasteiger partial charge < -0.3 is 19.3 Å². The fourth-order valence-electron chi connectivity index (χ4n) is 8.80. The second-order valence-corrected chi connectivity index (χ2v) is 18.5. The Morgan fingerprint density at radius 1 is 0.328 bits per heavy atom. The maximum absolute atomic E-state index is 13.0. The molecule has 0 saturated heterocycles. The summed E-state index contributed by atoms with van der Waals surface area (Å²) in [5.74, 6) is -0.101. The highest BCUT2D eigenvalue weighted by Gasteiger charge is 2.26. The minimum absolute atomic E-state index is 0.0369. The van der Waals surface area contributed by atoms with E-state index in [0.717, 1.165) is 65.0 Å². The van der Waals surface area contributed by atoms with Crippen LogP contribution in [0, 0.1) is 0 Å². The Hall–Kier alpha value is -1.14. The summed E-state index contributed by atoms with van der Waals surface area (Å²) in [6.07, 6.45) is 46.8. The second-order valence-electron chi connectivity index (χ2n) is 18.5. The zero-order valence-electron chi connectivity index (χ0n) is 39.8. The average Bonchev–Trinajstić information content (AvgIpc) is 3.22. The highest BCUT2D eigenvalue weighted by Crippen LogP contribution is 2.25. The van der Waals surface area contributed by atoms with E-state index in [2.05, 4.69) is 37.5 Å². The molecule has 58 heavy (non-hydrogen) atoms. The van der Waals surface area contributed by atoms with Crippen molar-refractivity contribution in [3.05, 3.63) is 0 Å². The van der Waals surface area contributed by atoms with Gasteiger partial charge >= 0.3 is 11.9 Å². The van der Waals surface area contributed by atoms with E-state index >= 15 is 0 Å². The lowest BCUT2D eigenvalue weighted by Gasteiger charge is -2.29. The molecule has 0 aliphatic heterocycles. The molecule has 344 valence electrons. The van der Waals surface area contributed by atoms with Crippen molar-refractivity contribution in [3.63, 3.8) is 0 Å². The molecule has 0 bridgehead atoms. The number of carbonyl (C=O) groups excluding carboxylic acids is 2. The lowest BCUT2D eigenvalue weighted by molar-refractivity contribution is -0.158. The minimum Gasteiger partial charge on any atom is -0.462 e. The number of nitrogens with zero attached hydrogens (tertiary/aromatic N) is 2. The van der Waals surface area contributed by atoms with Gasteiger partial charge in [0, 0.05) is 13.1 Å². The van der Waals surface area contributed by atoms with Crippen LogP contribution < -0.4 is 0 Å². The number of esters is 2. The molecule has 0 aromatic rings. The lowest BCUT2D eigenvalue weighted by Crippen LogP contribution is -2.33. The molecule has 0 aromatic carbocycles. The zero-order chi connectivity index (χ0) is 42.0. The van der Waals surface area contributed by atoms with E-state index in [9.17, 15) is 9.59 Å². The largest absolute Gasteiger partial charge is 0.462 e. The van der Waals surface area contributed by atoms with Crippen LogP contribution in [0.1, 0.15) is 272 Å². The first-order chi connectivity index (χ1) is 28.5. The summed E-state index contributed by atoms with van der Waals surface area (Å²) in [7, 11) is 0. The fourth-order valence-corrected chi connectivity index (χ4v) is 8.80. The highest BCUT2D eigenvalue weighted by atomic mass is 16.6. The summed E-state index contributed by atoms with van der Waals surface area (Å²) in [4.78, 5) is 31.1. The topological polar surface area (TPSA) is 59.1 Å². The predicted octanol–water partition coefficient (Wildman–Crippen LogP) is 15.3.